The number of aromatic amines is 1. The van der Waals surface area contributed by atoms with Crippen LogP contribution in [0.3, 0.4) is 0 Å². The number of benzene rings is 1. The first-order valence-corrected chi connectivity index (χ1v) is 12.5. The van der Waals surface area contributed by atoms with Crippen LogP contribution in [0.1, 0.15) is 62.1 Å². The van der Waals surface area contributed by atoms with E-state index in [2.05, 4.69) is 41.9 Å². The number of rotatable bonds is 6. The predicted molar refractivity (Wildman–Crippen MR) is 140 cm³/mol. The van der Waals surface area contributed by atoms with Crippen LogP contribution in [-0.4, -0.2) is 59.0 Å². The van der Waals surface area contributed by atoms with Gasteiger partial charge in [0.15, 0.2) is 0 Å². The summed E-state index contributed by atoms with van der Waals surface area (Å²) in [5.41, 5.74) is 6.87. The van der Waals surface area contributed by atoms with Crippen LogP contribution in [0.4, 0.5) is 0 Å². The van der Waals surface area contributed by atoms with E-state index in [1.165, 1.54) is 16.5 Å². The van der Waals surface area contributed by atoms with Crippen LogP contribution in [-0.2, 0) is 11.3 Å². The third kappa shape index (κ3) is 4.69. The molecule has 1 amide bonds. The number of nitrogens with one attached hydrogen (secondary N) is 1. The van der Waals surface area contributed by atoms with Gasteiger partial charge in [-0.3, -0.25) is 14.5 Å². The molecule has 3 heterocycles. The highest BCUT2D eigenvalue weighted by Gasteiger charge is 2.24. The van der Waals surface area contributed by atoms with Gasteiger partial charge in [0.2, 0.25) is 5.91 Å². The van der Waals surface area contributed by atoms with E-state index in [-0.39, 0.29) is 11.5 Å². The van der Waals surface area contributed by atoms with Crippen LogP contribution in [0, 0.1) is 6.92 Å². The highest BCUT2D eigenvalue weighted by atomic mass is 16.2. The van der Waals surface area contributed by atoms with Gasteiger partial charge in [-0.15, -0.1) is 0 Å². The second-order valence-electron chi connectivity index (χ2n) is 10.2. The Balaban J connectivity index is 1.65. The maximum Gasteiger partial charge on any atom is 0.253 e. The molecule has 0 spiro atoms. The van der Waals surface area contributed by atoms with E-state index in [0.717, 1.165) is 48.3 Å². The van der Waals surface area contributed by atoms with E-state index in [0.29, 0.717) is 24.9 Å². The van der Waals surface area contributed by atoms with Crippen LogP contribution in [0.5, 0.6) is 0 Å². The summed E-state index contributed by atoms with van der Waals surface area (Å²) >= 11 is 0. The molecule has 1 N–H and O–H groups in total. The van der Waals surface area contributed by atoms with Crippen LogP contribution in [0.15, 0.2) is 35.3 Å². The van der Waals surface area contributed by atoms with E-state index in [1.54, 1.807) is 9.47 Å². The Labute approximate surface area is 202 Å². The first kappa shape index (κ1) is 24.3. The summed E-state index contributed by atoms with van der Waals surface area (Å²) in [5, 5.41) is 1.28. The van der Waals surface area contributed by atoms with E-state index >= 15 is 0 Å². The highest BCUT2D eigenvalue weighted by Crippen LogP contribution is 2.38. The molecule has 1 aliphatic rings. The van der Waals surface area contributed by atoms with E-state index < -0.39 is 0 Å². The molecule has 2 aromatic heterocycles. The van der Waals surface area contributed by atoms with Gasteiger partial charge in [0, 0.05) is 48.9 Å². The standard InChI is InChI=1S/C28H38N4O2/c1-7-32-16-22(14-19(4)28(32)34)27-26(18(2)3)23-15-21(8-9-24(23)29-27)20-10-12-31(13-11-20)17-25(33)30(5)6/h8-9,14-16,18,20,29H,7,10-13,17H2,1-6H3. The lowest BCUT2D eigenvalue weighted by Crippen LogP contribution is -2.40. The molecule has 0 atom stereocenters. The monoisotopic (exact) mass is 462 g/mol. The largest absolute Gasteiger partial charge is 0.354 e. The van der Waals surface area contributed by atoms with Gasteiger partial charge in [-0.25, -0.2) is 0 Å². The predicted octanol–water partition coefficient (Wildman–Crippen LogP) is 4.72. The van der Waals surface area contributed by atoms with Gasteiger partial charge in [0.1, 0.15) is 0 Å². The Hall–Kier alpha value is -2.86. The third-order valence-electron chi connectivity index (χ3n) is 7.25. The van der Waals surface area contributed by atoms with E-state index in [4.69, 9.17) is 0 Å². The summed E-state index contributed by atoms with van der Waals surface area (Å²) in [6.07, 6.45) is 4.12. The van der Waals surface area contributed by atoms with Crippen molar-refractivity contribution in [2.24, 2.45) is 0 Å². The lowest BCUT2D eigenvalue weighted by Gasteiger charge is -2.32. The summed E-state index contributed by atoms with van der Waals surface area (Å²) < 4.78 is 1.79. The SMILES string of the molecule is CCn1cc(-c2[nH]c3ccc(C4CCN(CC(=O)N(C)C)CC4)cc3c2C(C)C)cc(C)c1=O. The van der Waals surface area contributed by atoms with Crippen molar-refractivity contribution in [1.82, 2.24) is 19.4 Å². The zero-order chi connectivity index (χ0) is 24.6. The van der Waals surface area contributed by atoms with Gasteiger partial charge < -0.3 is 14.5 Å². The Kier molecular flexibility index (Phi) is 6.99. The second-order valence-corrected chi connectivity index (χ2v) is 10.2. The van der Waals surface area contributed by atoms with Crippen molar-refractivity contribution in [2.45, 2.75) is 58.9 Å². The molecule has 34 heavy (non-hydrogen) atoms. The molecule has 1 saturated heterocycles. The smallest absolute Gasteiger partial charge is 0.253 e. The maximum atomic E-state index is 12.4. The fourth-order valence-electron chi connectivity index (χ4n) is 5.23. The number of amides is 1. The molecule has 0 unspecified atom stereocenters. The molecule has 182 valence electrons. The molecular formula is C28H38N4O2. The van der Waals surface area contributed by atoms with Crippen molar-refractivity contribution in [3.63, 3.8) is 0 Å². The molecule has 3 aromatic rings. The molecule has 0 aliphatic carbocycles. The van der Waals surface area contributed by atoms with Crippen LogP contribution >= 0.6 is 0 Å². The number of pyridine rings is 1. The Morgan fingerprint density at radius 1 is 1.18 bits per heavy atom. The Morgan fingerprint density at radius 2 is 1.88 bits per heavy atom. The average molecular weight is 463 g/mol. The molecular weight excluding hydrogens is 424 g/mol. The third-order valence-corrected chi connectivity index (χ3v) is 7.25. The molecule has 1 fully saturated rings. The van der Waals surface area contributed by atoms with Crippen molar-refractivity contribution in [1.29, 1.82) is 0 Å². The van der Waals surface area contributed by atoms with E-state index in [9.17, 15) is 9.59 Å². The van der Waals surface area contributed by atoms with Gasteiger partial charge >= 0.3 is 0 Å². The van der Waals surface area contributed by atoms with Crippen molar-refractivity contribution >= 4 is 16.8 Å². The second kappa shape index (κ2) is 9.79. The lowest BCUT2D eigenvalue weighted by molar-refractivity contribution is -0.130. The Bertz CT molecular complexity index is 1240. The molecule has 4 rings (SSSR count). The molecule has 6 heteroatoms. The fourth-order valence-corrected chi connectivity index (χ4v) is 5.23. The number of H-pyrrole nitrogens is 1. The van der Waals surface area contributed by atoms with Gasteiger partial charge in [-0.2, -0.15) is 0 Å². The lowest BCUT2D eigenvalue weighted by atomic mass is 9.87. The summed E-state index contributed by atoms with van der Waals surface area (Å²) in [7, 11) is 3.64. The number of piperidine rings is 1. The first-order valence-electron chi connectivity index (χ1n) is 12.5. The van der Waals surface area contributed by atoms with Gasteiger partial charge in [-0.05, 0) is 80.9 Å². The minimum absolute atomic E-state index is 0.0781. The summed E-state index contributed by atoms with van der Waals surface area (Å²) in [5.74, 6) is 1.03. The number of likely N-dealkylation sites (tertiary alicyclic amines) is 1. The number of carbonyl (C=O) groups is 1. The quantitative estimate of drug-likeness (QED) is 0.577. The highest BCUT2D eigenvalue weighted by molar-refractivity contribution is 5.92. The molecule has 0 radical (unpaired) electrons. The number of hydrogen-bond donors (Lipinski definition) is 1. The van der Waals surface area contributed by atoms with Gasteiger partial charge in [0.25, 0.3) is 5.56 Å². The summed E-state index contributed by atoms with van der Waals surface area (Å²) in [6, 6.07) is 8.86. The summed E-state index contributed by atoms with van der Waals surface area (Å²) in [6.45, 7) is 11.5. The molecule has 1 aromatic carbocycles. The van der Waals surface area contributed by atoms with Crippen molar-refractivity contribution in [3.8, 4) is 11.3 Å². The van der Waals surface area contributed by atoms with E-state index in [1.807, 2.05) is 40.2 Å². The molecule has 1 aliphatic heterocycles. The molecule has 0 bridgehead atoms. The number of aryl methyl sites for hydroxylation is 2. The van der Waals surface area contributed by atoms with Crippen molar-refractivity contribution in [3.05, 3.63) is 57.5 Å². The number of carbonyl (C=O) groups excluding carboxylic acids is 1. The minimum Gasteiger partial charge on any atom is -0.354 e. The van der Waals surface area contributed by atoms with Crippen LogP contribution in [0.25, 0.3) is 22.2 Å². The summed E-state index contributed by atoms with van der Waals surface area (Å²) in [4.78, 5) is 32.1. The maximum absolute atomic E-state index is 12.4. The number of hydrogen-bond acceptors (Lipinski definition) is 3. The zero-order valence-corrected chi connectivity index (χ0v) is 21.4. The number of likely N-dealkylation sites (N-methyl/N-ethyl adjacent to an activating group) is 1. The van der Waals surface area contributed by atoms with Gasteiger partial charge in [0.05, 0.1) is 12.2 Å². The van der Waals surface area contributed by atoms with Crippen LogP contribution in [0.2, 0.25) is 0 Å². The number of fused-ring (bicyclic) bond motifs is 1. The molecule has 0 saturated carbocycles. The van der Waals surface area contributed by atoms with Crippen molar-refractivity contribution in [2.75, 3.05) is 33.7 Å². The normalized spacial score (nSPS) is 15.4. The Morgan fingerprint density at radius 3 is 2.50 bits per heavy atom. The minimum atomic E-state index is 0.0781. The first-order chi connectivity index (χ1) is 16.2. The fraction of sp³-hybridized carbons (Fsp3) is 0.500. The molecule has 6 nitrogen and oxygen atoms in total. The zero-order valence-electron chi connectivity index (χ0n) is 21.4. The topological polar surface area (TPSA) is 61.3 Å². The average Bonchev–Trinajstić information content (AvgIpc) is 3.20. The van der Waals surface area contributed by atoms with Crippen LogP contribution < -0.4 is 5.56 Å². The number of aromatic nitrogens is 2. The number of nitrogens with zero attached hydrogens (tertiary/aromatic N) is 3. The van der Waals surface area contributed by atoms with Gasteiger partial charge in [-0.1, -0.05) is 19.9 Å². The van der Waals surface area contributed by atoms with Crippen molar-refractivity contribution < 1.29 is 4.79 Å².